The quantitative estimate of drug-likeness (QED) is 0.412. The molecule has 0 aromatic heterocycles. The Bertz CT molecular complexity index is 140. The maximum atomic E-state index is 5.26. The van der Waals surface area contributed by atoms with Gasteiger partial charge in [-0.3, -0.25) is 0 Å². The molecule has 0 saturated carbocycles. The normalized spacial score (nSPS) is 17.6. The summed E-state index contributed by atoms with van der Waals surface area (Å²) >= 11 is 0. The minimum absolute atomic E-state index is 0.562. The van der Waals surface area contributed by atoms with Crippen LogP contribution in [0.5, 0.6) is 0 Å². The zero-order chi connectivity index (χ0) is 5.98. The van der Waals surface area contributed by atoms with Gasteiger partial charge >= 0.3 is 0 Å². The van der Waals surface area contributed by atoms with Crippen LogP contribution in [0.2, 0.25) is 0 Å². The number of hydrazine groups is 1. The van der Waals surface area contributed by atoms with Crippen LogP contribution in [0.15, 0.2) is 24.2 Å². The molecule has 44 valence electrons. The summed E-state index contributed by atoms with van der Waals surface area (Å²) in [6, 6.07) is 0. The van der Waals surface area contributed by atoms with Gasteiger partial charge in [0.1, 0.15) is 6.26 Å². The van der Waals surface area contributed by atoms with Crippen molar-refractivity contribution in [1.29, 1.82) is 0 Å². The van der Waals surface area contributed by atoms with Crippen molar-refractivity contribution >= 4 is 0 Å². The summed E-state index contributed by atoms with van der Waals surface area (Å²) in [5.74, 6) is 5.12. The van der Waals surface area contributed by atoms with Crippen molar-refractivity contribution in [2.75, 3.05) is 0 Å². The highest BCUT2D eigenvalue weighted by atomic mass is 16.7. The molecular formula is C4H7N3O. The summed E-state index contributed by atoms with van der Waals surface area (Å²) in [5.41, 5.74) is 5.83. The predicted octanol–water partition coefficient (Wildman–Crippen LogP) is -0.579. The third-order valence-electron chi connectivity index (χ3n) is 0.724. The first-order chi connectivity index (χ1) is 3.79. The highest BCUT2D eigenvalue weighted by molar-refractivity contribution is 5.12. The Morgan fingerprint density at radius 3 is 2.75 bits per heavy atom. The lowest BCUT2D eigenvalue weighted by atomic mass is 10.5. The van der Waals surface area contributed by atoms with Gasteiger partial charge in [-0.25, -0.2) is 5.84 Å². The molecule has 0 amide bonds. The van der Waals surface area contributed by atoms with E-state index in [4.69, 9.17) is 11.6 Å². The third-order valence-corrected chi connectivity index (χ3v) is 0.724. The molecule has 0 bridgehead atoms. The molecule has 0 atom stereocenters. The van der Waals surface area contributed by atoms with Crippen LogP contribution in [0.1, 0.15) is 0 Å². The van der Waals surface area contributed by atoms with Crippen molar-refractivity contribution in [3.8, 4) is 0 Å². The fraction of sp³-hybridized carbons (Fsp3) is 0. The summed E-state index contributed by atoms with van der Waals surface area (Å²) in [6.45, 7) is 0. The van der Waals surface area contributed by atoms with Gasteiger partial charge in [-0.15, -0.1) is 5.17 Å². The Balaban J connectivity index is 2.58. The van der Waals surface area contributed by atoms with E-state index in [1.807, 2.05) is 0 Å². The lowest BCUT2D eigenvalue weighted by Gasteiger charge is -2.13. The molecule has 1 aliphatic rings. The SMILES string of the molecule is NC1=CON(N)C=C1. The van der Waals surface area contributed by atoms with Crippen LogP contribution in [0.3, 0.4) is 0 Å². The number of rotatable bonds is 0. The number of allylic oxidation sites excluding steroid dienone is 1. The van der Waals surface area contributed by atoms with Gasteiger partial charge in [-0.2, -0.15) is 0 Å². The molecule has 0 unspecified atom stereocenters. The van der Waals surface area contributed by atoms with E-state index >= 15 is 0 Å². The van der Waals surface area contributed by atoms with Crippen molar-refractivity contribution in [2.45, 2.75) is 0 Å². The summed E-state index contributed by atoms with van der Waals surface area (Å²) in [5, 5.41) is 1.07. The Hall–Kier alpha value is -1.16. The van der Waals surface area contributed by atoms with Gasteiger partial charge in [0.25, 0.3) is 0 Å². The molecule has 0 aromatic rings. The molecule has 0 spiro atoms. The smallest absolute Gasteiger partial charge is 0.144 e. The van der Waals surface area contributed by atoms with Crippen LogP contribution in [-0.2, 0) is 4.84 Å². The zero-order valence-corrected chi connectivity index (χ0v) is 4.24. The fourth-order valence-corrected chi connectivity index (χ4v) is 0.356. The highest BCUT2D eigenvalue weighted by Crippen LogP contribution is 1.97. The molecule has 0 saturated heterocycles. The van der Waals surface area contributed by atoms with Crippen LogP contribution >= 0.6 is 0 Å². The Morgan fingerprint density at radius 2 is 2.38 bits per heavy atom. The first-order valence-corrected chi connectivity index (χ1v) is 2.13. The number of nitrogens with zero attached hydrogens (tertiary/aromatic N) is 1. The molecule has 0 fully saturated rings. The van der Waals surface area contributed by atoms with E-state index in [0.717, 1.165) is 5.17 Å². The molecule has 1 rings (SSSR count). The van der Waals surface area contributed by atoms with Gasteiger partial charge in [-0.05, 0) is 6.08 Å². The predicted molar refractivity (Wildman–Crippen MR) is 28.5 cm³/mol. The number of hydrogen-bond acceptors (Lipinski definition) is 4. The van der Waals surface area contributed by atoms with Crippen molar-refractivity contribution in [3.05, 3.63) is 24.2 Å². The van der Waals surface area contributed by atoms with Crippen molar-refractivity contribution in [2.24, 2.45) is 11.6 Å². The maximum Gasteiger partial charge on any atom is 0.144 e. The Kier molecular flexibility index (Phi) is 1.09. The second-order valence-electron chi connectivity index (χ2n) is 1.40. The Labute approximate surface area is 46.9 Å². The van der Waals surface area contributed by atoms with Gasteiger partial charge in [-0.1, -0.05) is 0 Å². The topological polar surface area (TPSA) is 64.5 Å². The largest absolute Gasteiger partial charge is 0.396 e. The number of hydroxylamine groups is 1. The minimum Gasteiger partial charge on any atom is -0.396 e. The van der Waals surface area contributed by atoms with E-state index in [-0.39, 0.29) is 0 Å². The summed E-state index contributed by atoms with van der Waals surface area (Å²) in [6.07, 6.45) is 4.53. The van der Waals surface area contributed by atoms with E-state index < -0.39 is 0 Å². The van der Waals surface area contributed by atoms with Crippen LogP contribution in [0.4, 0.5) is 0 Å². The van der Waals surface area contributed by atoms with Gasteiger partial charge in [0.05, 0.1) is 11.9 Å². The van der Waals surface area contributed by atoms with Crippen LogP contribution in [0.25, 0.3) is 0 Å². The number of hydrogen-bond donors (Lipinski definition) is 2. The highest BCUT2D eigenvalue weighted by Gasteiger charge is 1.94. The second-order valence-corrected chi connectivity index (χ2v) is 1.40. The second kappa shape index (κ2) is 1.75. The zero-order valence-electron chi connectivity index (χ0n) is 4.24. The van der Waals surface area contributed by atoms with Crippen molar-refractivity contribution in [3.63, 3.8) is 0 Å². The maximum absolute atomic E-state index is 5.26. The van der Waals surface area contributed by atoms with E-state index in [1.54, 1.807) is 6.08 Å². The van der Waals surface area contributed by atoms with E-state index in [9.17, 15) is 0 Å². The molecule has 8 heavy (non-hydrogen) atoms. The first kappa shape index (κ1) is 4.99. The van der Waals surface area contributed by atoms with Crippen molar-refractivity contribution in [1.82, 2.24) is 5.17 Å². The molecule has 4 heteroatoms. The average Bonchev–Trinajstić information content (AvgIpc) is 1.77. The molecular weight excluding hydrogens is 106 g/mol. The van der Waals surface area contributed by atoms with Gasteiger partial charge < -0.3 is 10.6 Å². The molecule has 0 aromatic carbocycles. The van der Waals surface area contributed by atoms with E-state index in [1.165, 1.54) is 12.5 Å². The lowest BCUT2D eigenvalue weighted by Crippen LogP contribution is -2.25. The molecule has 0 aliphatic carbocycles. The summed E-state index contributed by atoms with van der Waals surface area (Å²) < 4.78 is 0. The monoisotopic (exact) mass is 113 g/mol. The summed E-state index contributed by atoms with van der Waals surface area (Å²) in [7, 11) is 0. The standard InChI is InChI=1S/C4H7N3O/c5-4-1-2-7(6)8-3-4/h1-3H,5-6H2. The molecule has 0 radical (unpaired) electrons. The van der Waals surface area contributed by atoms with Gasteiger partial charge in [0.2, 0.25) is 0 Å². The fourth-order valence-electron chi connectivity index (χ4n) is 0.356. The first-order valence-electron chi connectivity index (χ1n) is 2.13. The van der Waals surface area contributed by atoms with Crippen LogP contribution in [0, 0.1) is 0 Å². The van der Waals surface area contributed by atoms with E-state index in [2.05, 4.69) is 4.84 Å². The average molecular weight is 113 g/mol. The van der Waals surface area contributed by atoms with Crippen molar-refractivity contribution < 1.29 is 4.84 Å². The molecule has 4 nitrogen and oxygen atoms in total. The minimum atomic E-state index is 0.562. The van der Waals surface area contributed by atoms with Crippen LogP contribution < -0.4 is 11.6 Å². The van der Waals surface area contributed by atoms with E-state index in [0.29, 0.717) is 5.70 Å². The number of nitrogens with two attached hydrogens (primary N) is 2. The Morgan fingerprint density at radius 1 is 1.62 bits per heavy atom. The van der Waals surface area contributed by atoms with Gasteiger partial charge in [0.15, 0.2) is 0 Å². The van der Waals surface area contributed by atoms with Gasteiger partial charge in [0, 0.05) is 0 Å². The molecule has 1 heterocycles. The molecule has 4 N–H and O–H groups in total. The molecule has 1 aliphatic heterocycles. The summed E-state index contributed by atoms with van der Waals surface area (Å²) in [4.78, 5) is 4.63. The lowest BCUT2D eigenvalue weighted by molar-refractivity contribution is -0.0626. The third kappa shape index (κ3) is 0.913. The van der Waals surface area contributed by atoms with Crippen LogP contribution in [-0.4, -0.2) is 5.17 Å².